The molecule has 6 heteroatoms. The van der Waals surface area contributed by atoms with Gasteiger partial charge in [-0.1, -0.05) is 140 Å². The fourth-order valence-electron chi connectivity index (χ4n) is 11.2. The van der Waals surface area contributed by atoms with E-state index in [1.807, 2.05) is 29.5 Å². The van der Waals surface area contributed by atoms with E-state index in [1.54, 1.807) is 0 Å². The summed E-state index contributed by atoms with van der Waals surface area (Å²) in [4.78, 5) is 5.11. The lowest BCUT2D eigenvalue weighted by molar-refractivity contribution is 0.590. The molecule has 0 unspecified atom stereocenters. The molecule has 0 atom stereocenters. The lowest BCUT2D eigenvalue weighted by Gasteiger charge is -2.30. The molecule has 2 aliphatic rings. The number of nitrogens with zero attached hydrogens (tertiary/aromatic N) is 2. The maximum atomic E-state index is 6.62. The fraction of sp³-hybridized carbons (Fsp3) is 0.183. The highest BCUT2D eigenvalue weighted by molar-refractivity contribution is 7.25. The number of rotatable bonds is 4. The van der Waals surface area contributed by atoms with Crippen LogP contribution in [-0.2, 0) is 16.2 Å². The molecule has 1 N–H and O–H groups in total. The summed E-state index contributed by atoms with van der Waals surface area (Å²) in [5.41, 5.74) is 20.7. The van der Waals surface area contributed by atoms with Gasteiger partial charge in [0.2, 0.25) is 5.89 Å². The number of oxazole rings is 1. The van der Waals surface area contributed by atoms with E-state index in [0.29, 0.717) is 5.89 Å². The van der Waals surface area contributed by atoms with E-state index in [-0.39, 0.29) is 16.2 Å². The quantitative estimate of drug-likeness (QED) is 0.179. The van der Waals surface area contributed by atoms with E-state index in [4.69, 9.17) is 9.40 Å². The minimum Gasteiger partial charge on any atom is -0.436 e. The van der Waals surface area contributed by atoms with Crippen LogP contribution in [0.15, 0.2) is 150 Å². The van der Waals surface area contributed by atoms with Crippen LogP contribution in [0, 0.1) is 0 Å². The van der Waals surface area contributed by atoms with Crippen LogP contribution in [0.25, 0.3) is 92.5 Å². The molecular weight excluding hydrogens is 822 g/mol. The topological polar surface area (TPSA) is 43.0 Å². The Labute approximate surface area is 390 Å². The lowest BCUT2D eigenvalue weighted by Crippen LogP contribution is -2.38. The number of thiophene rings is 1. The molecular formula is C60H49BN3OS. The van der Waals surface area contributed by atoms with Gasteiger partial charge in [0.15, 0.2) is 12.9 Å². The molecule has 11 aromatic rings. The van der Waals surface area contributed by atoms with E-state index in [1.165, 1.54) is 91.9 Å². The van der Waals surface area contributed by atoms with Gasteiger partial charge in [0, 0.05) is 76.1 Å². The molecule has 1 radical (unpaired) electrons. The second kappa shape index (κ2) is 13.6. The zero-order chi connectivity index (χ0) is 45.0. The summed E-state index contributed by atoms with van der Waals surface area (Å²) >= 11 is 1.87. The van der Waals surface area contributed by atoms with E-state index in [9.17, 15) is 0 Å². The van der Waals surface area contributed by atoms with Gasteiger partial charge in [-0.2, -0.15) is 0 Å². The Balaban J connectivity index is 1.18. The van der Waals surface area contributed by atoms with Crippen LogP contribution in [0.4, 0.5) is 11.4 Å². The van der Waals surface area contributed by atoms with Gasteiger partial charge in [-0.15, -0.1) is 11.3 Å². The van der Waals surface area contributed by atoms with Crippen molar-refractivity contribution in [3.8, 4) is 39.4 Å². The molecule has 0 amide bonds. The molecule has 4 heterocycles. The molecule has 0 saturated heterocycles. The Hall–Kier alpha value is -6.89. The van der Waals surface area contributed by atoms with Crippen LogP contribution in [0.5, 0.6) is 0 Å². The molecule has 0 saturated carbocycles. The summed E-state index contributed by atoms with van der Waals surface area (Å²) in [6, 6.07) is 53.9. The molecule has 0 bridgehead atoms. The average Bonchev–Trinajstić information content (AvgIpc) is 4.04. The van der Waals surface area contributed by atoms with Gasteiger partial charge in [-0.3, -0.25) is 0 Å². The summed E-state index contributed by atoms with van der Waals surface area (Å²) < 4.78 is 11.7. The monoisotopic (exact) mass is 870 g/mol. The third-order valence-electron chi connectivity index (χ3n) is 14.5. The third kappa shape index (κ3) is 5.67. The van der Waals surface area contributed by atoms with Gasteiger partial charge < -0.3 is 14.3 Å². The fourth-order valence-corrected chi connectivity index (χ4v) is 12.3. The van der Waals surface area contributed by atoms with Crippen molar-refractivity contribution in [1.82, 2.24) is 9.55 Å². The number of aromatic nitrogens is 2. The molecule has 66 heavy (non-hydrogen) atoms. The van der Waals surface area contributed by atoms with E-state index < -0.39 is 0 Å². The number of anilines is 2. The largest absolute Gasteiger partial charge is 0.436 e. The number of fused-ring (bicyclic) bond motifs is 13. The van der Waals surface area contributed by atoms with Gasteiger partial charge in [0.25, 0.3) is 0 Å². The summed E-state index contributed by atoms with van der Waals surface area (Å²) in [6.07, 6.45) is 0. The standard InChI is InChI=1S/C60H49BN3OS/c1-58(2,3)34-22-25-36(26-23-34)62-44-31-50-39(37-18-13-15-21-49(37)66-50)29-40(44)53-54-51(38-19-12-14-20-42(38)60(54,7)8)52-41-28-35(59(4,5)6)24-27-46(41)64-47-32-48-45(30-43(47)61-55(53)56(52)64)63-57(65-48)33-16-10-9-11-17-33/h9-32,62H,1-8H3. The zero-order valence-electron chi connectivity index (χ0n) is 38.6. The highest BCUT2D eigenvalue weighted by atomic mass is 32.1. The third-order valence-corrected chi connectivity index (χ3v) is 15.7. The first-order chi connectivity index (χ1) is 31.7. The van der Waals surface area contributed by atoms with Gasteiger partial charge in [0.05, 0.1) is 5.52 Å². The zero-order valence-corrected chi connectivity index (χ0v) is 39.5. The Bertz CT molecular complexity index is 3850. The molecule has 3 aromatic heterocycles. The Morgan fingerprint density at radius 1 is 0.652 bits per heavy atom. The summed E-state index contributed by atoms with van der Waals surface area (Å²) in [5.74, 6) is 0.628. The summed E-state index contributed by atoms with van der Waals surface area (Å²) in [7, 11) is 2.46. The molecule has 4 nitrogen and oxygen atoms in total. The lowest BCUT2D eigenvalue weighted by atomic mass is 9.57. The van der Waals surface area contributed by atoms with Gasteiger partial charge in [0.1, 0.15) is 5.52 Å². The number of hydrogen-bond donors (Lipinski definition) is 1. The normalized spacial score (nSPS) is 14.0. The number of hydrogen-bond acceptors (Lipinski definition) is 4. The highest BCUT2D eigenvalue weighted by Gasteiger charge is 2.43. The molecule has 1 aliphatic carbocycles. The maximum Gasteiger partial charge on any atom is 0.227 e. The van der Waals surface area contributed by atoms with Crippen LogP contribution in [0.3, 0.4) is 0 Å². The maximum absolute atomic E-state index is 6.62. The van der Waals surface area contributed by atoms with Crippen molar-refractivity contribution in [3.05, 3.63) is 168 Å². The van der Waals surface area contributed by atoms with Crippen molar-refractivity contribution in [2.45, 2.75) is 71.6 Å². The van der Waals surface area contributed by atoms with Crippen LogP contribution in [-0.4, -0.2) is 16.8 Å². The van der Waals surface area contributed by atoms with E-state index >= 15 is 0 Å². The van der Waals surface area contributed by atoms with Crippen molar-refractivity contribution >= 4 is 94.0 Å². The smallest absolute Gasteiger partial charge is 0.227 e. The Kier molecular flexibility index (Phi) is 8.13. The second-order valence-corrected chi connectivity index (χ2v) is 22.2. The first kappa shape index (κ1) is 39.5. The predicted octanol–water partition coefficient (Wildman–Crippen LogP) is 15.2. The number of benzene rings is 8. The molecule has 13 rings (SSSR count). The van der Waals surface area contributed by atoms with Crippen LogP contribution in [0.1, 0.15) is 77.6 Å². The predicted molar refractivity (Wildman–Crippen MR) is 282 cm³/mol. The SMILES string of the molecule is CC(C)(C)c1ccc(Nc2cc3sc4ccccc4c3cc2-c2c3c(c4c5cc(C(C)(C)C)ccc5n5c4c2[B]c2cc4nc(-c6ccccc6)oc4cc2-5)-c2ccccc2C3(C)C)cc1. The molecule has 0 spiro atoms. The van der Waals surface area contributed by atoms with Gasteiger partial charge >= 0.3 is 0 Å². The minimum atomic E-state index is -0.325. The van der Waals surface area contributed by atoms with Gasteiger partial charge in [-0.05, 0) is 116 Å². The first-order valence-corrected chi connectivity index (χ1v) is 24.0. The Morgan fingerprint density at radius 2 is 1.38 bits per heavy atom. The molecule has 8 aromatic carbocycles. The van der Waals surface area contributed by atoms with Crippen molar-refractivity contribution in [2.75, 3.05) is 5.32 Å². The van der Waals surface area contributed by atoms with Crippen LogP contribution in [0.2, 0.25) is 0 Å². The molecule has 1 aliphatic heterocycles. The first-order valence-electron chi connectivity index (χ1n) is 23.2. The number of nitrogens with one attached hydrogen (secondary N) is 1. The van der Waals surface area contributed by atoms with E-state index in [2.05, 4.69) is 200 Å². The minimum absolute atomic E-state index is 0.0415. The average molecular weight is 871 g/mol. The highest BCUT2D eigenvalue weighted by Crippen LogP contribution is 2.58. The Morgan fingerprint density at radius 3 is 2.17 bits per heavy atom. The van der Waals surface area contributed by atoms with Crippen LogP contribution >= 0.6 is 11.3 Å². The molecule has 319 valence electrons. The summed E-state index contributed by atoms with van der Waals surface area (Å²) in [6.45, 7) is 18.7. The van der Waals surface area contributed by atoms with E-state index in [0.717, 1.165) is 39.2 Å². The van der Waals surface area contributed by atoms with Gasteiger partial charge in [-0.25, -0.2) is 4.98 Å². The van der Waals surface area contributed by atoms with Crippen LogP contribution < -0.4 is 16.2 Å². The van der Waals surface area contributed by atoms with Crippen molar-refractivity contribution < 1.29 is 4.42 Å². The second-order valence-electron chi connectivity index (χ2n) is 21.1. The molecule has 0 fully saturated rings. The summed E-state index contributed by atoms with van der Waals surface area (Å²) in [5, 5.41) is 9.18. The van der Waals surface area contributed by atoms with Crippen molar-refractivity contribution in [1.29, 1.82) is 0 Å². The van der Waals surface area contributed by atoms with Crippen molar-refractivity contribution in [2.24, 2.45) is 0 Å². The van der Waals surface area contributed by atoms with Crippen molar-refractivity contribution in [3.63, 3.8) is 0 Å².